The van der Waals surface area contributed by atoms with Crippen molar-refractivity contribution in [1.82, 2.24) is 4.90 Å². The number of hydrogen-bond acceptors (Lipinski definition) is 6. The van der Waals surface area contributed by atoms with Crippen molar-refractivity contribution in [2.75, 3.05) is 32.1 Å². The van der Waals surface area contributed by atoms with Crippen molar-refractivity contribution in [2.45, 2.75) is 58.3 Å². The fraction of sp³-hybridized carbons (Fsp3) is 0.500. The molecule has 0 radical (unpaired) electrons. The van der Waals surface area contributed by atoms with E-state index in [1.54, 1.807) is 7.11 Å². The molecular weight excluding hydrogens is 420 g/mol. The summed E-state index contributed by atoms with van der Waals surface area (Å²) in [6.45, 7) is 6.23. The minimum atomic E-state index is -0.513. The van der Waals surface area contributed by atoms with Crippen LogP contribution in [0.15, 0.2) is 36.4 Å². The summed E-state index contributed by atoms with van der Waals surface area (Å²) in [5.74, 6) is 2.31. The Hall–Kier alpha value is -2.93. The molecule has 0 atom stereocenters. The average molecular weight is 455 g/mol. The first-order valence-corrected chi connectivity index (χ1v) is 11.9. The van der Waals surface area contributed by atoms with Gasteiger partial charge in [-0.05, 0) is 56.1 Å². The number of anilines is 1. The van der Waals surface area contributed by atoms with Gasteiger partial charge in [-0.15, -0.1) is 0 Å². The van der Waals surface area contributed by atoms with Crippen molar-refractivity contribution in [2.24, 2.45) is 0 Å². The normalized spacial score (nSPS) is 16.1. The molecule has 1 saturated carbocycles. The van der Waals surface area contributed by atoms with Gasteiger partial charge in [0.1, 0.15) is 0 Å². The molecule has 1 N–H and O–H groups in total. The molecule has 2 aromatic rings. The van der Waals surface area contributed by atoms with Gasteiger partial charge in [0.25, 0.3) is 5.79 Å². The van der Waals surface area contributed by atoms with Gasteiger partial charge in [-0.1, -0.05) is 19.4 Å². The molecule has 1 amide bonds. The van der Waals surface area contributed by atoms with Gasteiger partial charge in [-0.2, -0.15) is 0 Å². The van der Waals surface area contributed by atoms with E-state index >= 15 is 0 Å². The van der Waals surface area contributed by atoms with Crippen LogP contribution in [0.4, 0.5) is 5.69 Å². The number of carbonyl (C=O) groups excluding carboxylic acids is 1. The first-order chi connectivity index (χ1) is 16.0. The van der Waals surface area contributed by atoms with Gasteiger partial charge in [0, 0.05) is 31.1 Å². The third kappa shape index (κ3) is 5.53. The first kappa shape index (κ1) is 23.2. The van der Waals surface area contributed by atoms with Crippen LogP contribution >= 0.6 is 0 Å². The fourth-order valence-corrected chi connectivity index (χ4v) is 4.49. The number of amides is 1. The summed E-state index contributed by atoms with van der Waals surface area (Å²) in [6.07, 6.45) is 5.27. The molecule has 0 saturated heterocycles. The van der Waals surface area contributed by atoms with E-state index in [-0.39, 0.29) is 12.5 Å². The van der Waals surface area contributed by atoms with Crippen molar-refractivity contribution in [3.8, 4) is 23.0 Å². The van der Waals surface area contributed by atoms with E-state index in [1.165, 1.54) is 6.42 Å². The lowest BCUT2D eigenvalue weighted by molar-refractivity contribution is -0.117. The van der Waals surface area contributed by atoms with E-state index in [0.29, 0.717) is 30.3 Å². The Balaban J connectivity index is 1.35. The molecule has 7 nitrogen and oxygen atoms in total. The Bertz CT molecular complexity index is 971. The highest BCUT2D eigenvalue weighted by molar-refractivity contribution is 5.92. The number of likely N-dealkylation sites (N-methyl/N-ethyl adjacent to an activating group) is 1. The zero-order chi connectivity index (χ0) is 23.3. The number of carbonyl (C=O) groups is 1. The van der Waals surface area contributed by atoms with E-state index < -0.39 is 5.79 Å². The molecule has 7 heteroatoms. The Morgan fingerprint density at radius 1 is 1.03 bits per heavy atom. The lowest BCUT2D eigenvalue weighted by Crippen LogP contribution is -2.40. The average Bonchev–Trinajstić information content (AvgIpc) is 3.16. The SMILES string of the molecule is CCOc1ccc(CN(CC)CC(=O)Nc2ccc3c(c2)OC2(CCCCC2)O3)cc1OC. The van der Waals surface area contributed by atoms with Crippen LogP contribution in [0.5, 0.6) is 23.0 Å². The van der Waals surface area contributed by atoms with Gasteiger partial charge in [-0.25, -0.2) is 0 Å². The minimum absolute atomic E-state index is 0.0685. The number of hydrogen-bond donors (Lipinski definition) is 1. The molecule has 1 aliphatic heterocycles. The molecule has 1 spiro atoms. The number of methoxy groups -OCH3 is 1. The molecule has 1 fully saturated rings. The fourth-order valence-electron chi connectivity index (χ4n) is 4.49. The highest BCUT2D eigenvalue weighted by Gasteiger charge is 2.42. The summed E-state index contributed by atoms with van der Waals surface area (Å²) in [7, 11) is 1.63. The van der Waals surface area contributed by atoms with E-state index in [0.717, 1.165) is 49.3 Å². The second-order valence-corrected chi connectivity index (χ2v) is 8.61. The molecule has 0 unspecified atom stereocenters. The van der Waals surface area contributed by atoms with Crippen LogP contribution in [0, 0.1) is 0 Å². The molecule has 4 rings (SSSR count). The van der Waals surface area contributed by atoms with Crippen LogP contribution in [0.3, 0.4) is 0 Å². The van der Waals surface area contributed by atoms with Crippen LogP contribution in [-0.4, -0.2) is 43.4 Å². The molecule has 0 bridgehead atoms. The third-order valence-corrected chi connectivity index (χ3v) is 6.18. The summed E-state index contributed by atoms with van der Waals surface area (Å²) in [6, 6.07) is 11.5. The molecule has 0 aromatic heterocycles. The van der Waals surface area contributed by atoms with Gasteiger partial charge >= 0.3 is 0 Å². The summed E-state index contributed by atoms with van der Waals surface area (Å²) >= 11 is 0. The number of ether oxygens (including phenoxy) is 4. The lowest BCUT2D eigenvalue weighted by atomic mass is 9.94. The van der Waals surface area contributed by atoms with Crippen LogP contribution in [0.2, 0.25) is 0 Å². The van der Waals surface area contributed by atoms with Gasteiger partial charge in [0.05, 0.1) is 20.3 Å². The molecule has 1 heterocycles. The predicted octanol–water partition coefficient (Wildman–Crippen LogP) is 4.99. The number of rotatable bonds is 9. The zero-order valence-corrected chi connectivity index (χ0v) is 19.8. The van der Waals surface area contributed by atoms with Gasteiger partial charge in [0.15, 0.2) is 23.0 Å². The van der Waals surface area contributed by atoms with E-state index in [1.807, 2.05) is 50.2 Å². The first-order valence-electron chi connectivity index (χ1n) is 11.9. The van der Waals surface area contributed by atoms with E-state index in [9.17, 15) is 4.79 Å². The third-order valence-electron chi connectivity index (χ3n) is 6.18. The summed E-state index contributed by atoms with van der Waals surface area (Å²) in [5, 5.41) is 3.00. The summed E-state index contributed by atoms with van der Waals surface area (Å²) in [5.41, 5.74) is 1.78. The Morgan fingerprint density at radius 3 is 2.55 bits per heavy atom. The number of benzene rings is 2. The Kier molecular flexibility index (Phi) is 7.28. The van der Waals surface area contributed by atoms with Crippen LogP contribution < -0.4 is 24.3 Å². The number of nitrogens with zero attached hydrogens (tertiary/aromatic N) is 1. The monoisotopic (exact) mass is 454 g/mol. The van der Waals surface area contributed by atoms with Crippen LogP contribution in [0.1, 0.15) is 51.5 Å². The molecule has 33 heavy (non-hydrogen) atoms. The van der Waals surface area contributed by atoms with E-state index in [2.05, 4.69) is 10.2 Å². The molecule has 178 valence electrons. The maximum Gasteiger partial charge on any atom is 0.251 e. The largest absolute Gasteiger partial charge is 0.493 e. The van der Waals surface area contributed by atoms with Crippen molar-refractivity contribution >= 4 is 11.6 Å². The topological polar surface area (TPSA) is 69.3 Å². The van der Waals surface area contributed by atoms with Crippen molar-refractivity contribution in [3.63, 3.8) is 0 Å². The molecule has 2 aliphatic rings. The Labute approximate surface area is 196 Å². The zero-order valence-electron chi connectivity index (χ0n) is 19.8. The minimum Gasteiger partial charge on any atom is -0.493 e. The second kappa shape index (κ2) is 10.3. The van der Waals surface area contributed by atoms with Gasteiger partial charge < -0.3 is 24.3 Å². The molecular formula is C26H34N2O5. The summed E-state index contributed by atoms with van der Waals surface area (Å²) in [4.78, 5) is 14.8. The standard InChI is InChI=1S/C26H34N2O5/c1-4-28(17-19-9-11-21(31-5-2)23(15-19)30-3)18-25(29)27-20-10-12-22-24(16-20)33-26(32-22)13-7-6-8-14-26/h9-12,15-16H,4-8,13-14,17-18H2,1-3H3,(H,27,29). The lowest BCUT2D eigenvalue weighted by Gasteiger charge is -2.31. The van der Waals surface area contributed by atoms with Crippen LogP contribution in [0.25, 0.3) is 0 Å². The van der Waals surface area contributed by atoms with Crippen molar-refractivity contribution in [3.05, 3.63) is 42.0 Å². The molecule has 1 aliphatic carbocycles. The maximum atomic E-state index is 12.8. The highest BCUT2D eigenvalue weighted by Crippen LogP contribution is 2.46. The van der Waals surface area contributed by atoms with Crippen LogP contribution in [-0.2, 0) is 11.3 Å². The van der Waals surface area contributed by atoms with Crippen molar-refractivity contribution in [1.29, 1.82) is 0 Å². The quantitative estimate of drug-likeness (QED) is 0.576. The maximum absolute atomic E-state index is 12.8. The Morgan fingerprint density at radius 2 is 1.82 bits per heavy atom. The van der Waals surface area contributed by atoms with Crippen molar-refractivity contribution < 1.29 is 23.7 Å². The highest BCUT2D eigenvalue weighted by atomic mass is 16.7. The second-order valence-electron chi connectivity index (χ2n) is 8.61. The smallest absolute Gasteiger partial charge is 0.251 e. The summed E-state index contributed by atoms with van der Waals surface area (Å²) < 4.78 is 23.3. The molecule has 2 aromatic carbocycles. The number of nitrogens with one attached hydrogen (secondary N) is 1. The number of fused-ring (bicyclic) bond motifs is 1. The van der Waals surface area contributed by atoms with E-state index in [4.69, 9.17) is 18.9 Å². The predicted molar refractivity (Wildman–Crippen MR) is 127 cm³/mol. The van der Waals surface area contributed by atoms with Gasteiger partial charge in [0.2, 0.25) is 5.91 Å². The van der Waals surface area contributed by atoms with Gasteiger partial charge in [-0.3, -0.25) is 9.69 Å².